The Balaban J connectivity index is 1.63. The van der Waals surface area contributed by atoms with Crippen molar-refractivity contribution in [2.45, 2.75) is 45.3 Å². The molecule has 2 heterocycles. The van der Waals surface area contributed by atoms with Crippen LogP contribution in [0.5, 0.6) is 0 Å². The maximum absolute atomic E-state index is 12.1. The van der Waals surface area contributed by atoms with Crippen LogP contribution < -0.4 is 15.5 Å². The van der Waals surface area contributed by atoms with E-state index in [2.05, 4.69) is 15.5 Å². The van der Waals surface area contributed by atoms with E-state index in [0.717, 1.165) is 48.9 Å². The van der Waals surface area contributed by atoms with Gasteiger partial charge in [-0.15, -0.1) is 0 Å². The van der Waals surface area contributed by atoms with Crippen molar-refractivity contribution >= 4 is 52.4 Å². The third-order valence-corrected chi connectivity index (χ3v) is 6.39. The number of carbonyl (C=O) groups excluding carboxylic acids is 3. The van der Waals surface area contributed by atoms with E-state index in [1.165, 1.54) is 0 Å². The second-order valence-electron chi connectivity index (χ2n) is 9.17. The first-order valence-corrected chi connectivity index (χ1v) is 12.2. The molecule has 3 amide bonds. The standard InChI is InChI=1S/C23H31ClN4O4S/c1-23(2,3)32-22(31)27(4)12-10-25-16-8-6-11-28(14-16)19-15(7-5-9-17(19)24)13-18-20(29)26-21(30)33-18/h5,7,9,13,16,25H,6,8,10-12,14H2,1-4H3,(H,26,29,30). The number of rotatable bonds is 6. The predicted octanol–water partition coefficient (Wildman–Crippen LogP) is 4.09. The Morgan fingerprint density at radius 1 is 1.39 bits per heavy atom. The lowest BCUT2D eigenvalue weighted by molar-refractivity contribution is -0.115. The van der Waals surface area contributed by atoms with Crippen LogP contribution in [0.3, 0.4) is 0 Å². The van der Waals surface area contributed by atoms with Crippen molar-refractivity contribution in [1.82, 2.24) is 15.5 Å². The number of hydrogen-bond donors (Lipinski definition) is 2. The van der Waals surface area contributed by atoms with Crippen molar-refractivity contribution in [3.05, 3.63) is 33.7 Å². The summed E-state index contributed by atoms with van der Waals surface area (Å²) in [7, 11) is 1.73. The number of carbonyl (C=O) groups is 3. The van der Waals surface area contributed by atoms with Gasteiger partial charge in [0.25, 0.3) is 11.1 Å². The number of para-hydroxylation sites is 1. The van der Waals surface area contributed by atoms with Crippen LogP contribution in [0.15, 0.2) is 23.1 Å². The molecule has 0 bridgehead atoms. The lowest BCUT2D eigenvalue weighted by atomic mass is 10.0. The van der Waals surface area contributed by atoms with Crippen LogP contribution in [-0.2, 0) is 9.53 Å². The maximum atomic E-state index is 12.1. The lowest BCUT2D eigenvalue weighted by Crippen LogP contribution is -2.48. The Hall–Kier alpha value is -2.23. The van der Waals surface area contributed by atoms with E-state index >= 15 is 0 Å². The first kappa shape index (κ1) is 25.4. The number of amides is 3. The van der Waals surface area contributed by atoms with E-state index in [1.807, 2.05) is 39.0 Å². The van der Waals surface area contributed by atoms with Gasteiger partial charge in [-0.1, -0.05) is 23.7 Å². The van der Waals surface area contributed by atoms with Crippen LogP contribution in [0.25, 0.3) is 6.08 Å². The smallest absolute Gasteiger partial charge is 0.410 e. The van der Waals surface area contributed by atoms with Gasteiger partial charge in [0, 0.05) is 44.8 Å². The van der Waals surface area contributed by atoms with Crippen LogP contribution in [0.1, 0.15) is 39.2 Å². The Labute approximate surface area is 204 Å². The van der Waals surface area contributed by atoms with Crippen molar-refractivity contribution in [2.75, 3.05) is 38.1 Å². The Bertz CT molecular complexity index is 947. The van der Waals surface area contributed by atoms with E-state index < -0.39 is 5.60 Å². The number of piperidine rings is 1. The van der Waals surface area contributed by atoms with Gasteiger partial charge in [-0.2, -0.15) is 0 Å². The average Bonchev–Trinajstić information content (AvgIpc) is 3.03. The normalized spacial score (nSPS) is 20.2. The van der Waals surface area contributed by atoms with Crippen molar-refractivity contribution in [2.24, 2.45) is 0 Å². The fraction of sp³-hybridized carbons (Fsp3) is 0.522. The van der Waals surface area contributed by atoms with Gasteiger partial charge >= 0.3 is 6.09 Å². The van der Waals surface area contributed by atoms with Gasteiger partial charge < -0.3 is 19.9 Å². The number of likely N-dealkylation sites (N-methyl/N-ethyl adjacent to an activating group) is 1. The van der Waals surface area contributed by atoms with Gasteiger partial charge in [-0.25, -0.2) is 4.79 Å². The molecular weight excluding hydrogens is 464 g/mol. The molecular formula is C23H31ClN4O4S. The first-order valence-electron chi connectivity index (χ1n) is 11.0. The molecule has 1 aromatic rings. The van der Waals surface area contributed by atoms with E-state index in [9.17, 15) is 14.4 Å². The van der Waals surface area contributed by atoms with Gasteiger partial charge in [0.1, 0.15) is 5.60 Å². The van der Waals surface area contributed by atoms with Gasteiger partial charge in [0.2, 0.25) is 0 Å². The van der Waals surface area contributed by atoms with Crippen LogP contribution >= 0.6 is 23.4 Å². The second kappa shape index (κ2) is 10.8. The Morgan fingerprint density at radius 2 is 2.15 bits per heavy atom. The molecule has 8 nitrogen and oxygen atoms in total. The summed E-state index contributed by atoms with van der Waals surface area (Å²) in [5, 5.41) is 6.05. The number of halogens is 1. The lowest BCUT2D eigenvalue weighted by Gasteiger charge is -2.36. The Kier molecular flexibility index (Phi) is 8.31. The van der Waals surface area contributed by atoms with Crippen LogP contribution in [0.4, 0.5) is 15.3 Å². The number of nitrogens with zero attached hydrogens (tertiary/aromatic N) is 2. The zero-order valence-electron chi connectivity index (χ0n) is 19.4. The number of hydrogen-bond acceptors (Lipinski definition) is 7. The first-order chi connectivity index (χ1) is 15.5. The number of benzene rings is 1. The molecule has 1 unspecified atom stereocenters. The summed E-state index contributed by atoms with van der Waals surface area (Å²) >= 11 is 7.47. The monoisotopic (exact) mass is 494 g/mol. The van der Waals surface area contributed by atoms with E-state index in [1.54, 1.807) is 18.0 Å². The van der Waals surface area contributed by atoms with Gasteiger partial charge in [-0.3, -0.25) is 14.9 Å². The van der Waals surface area contributed by atoms with Crippen molar-refractivity contribution in [3.8, 4) is 0 Å². The Morgan fingerprint density at radius 3 is 2.82 bits per heavy atom. The molecule has 2 aliphatic heterocycles. The highest BCUT2D eigenvalue weighted by Gasteiger charge is 2.27. The molecule has 1 atom stereocenters. The molecule has 0 radical (unpaired) electrons. The minimum Gasteiger partial charge on any atom is -0.444 e. The fourth-order valence-corrected chi connectivity index (χ4v) is 4.73. The summed E-state index contributed by atoms with van der Waals surface area (Å²) in [5.74, 6) is -0.386. The minimum atomic E-state index is -0.518. The molecule has 0 saturated carbocycles. The maximum Gasteiger partial charge on any atom is 0.410 e. The molecule has 2 fully saturated rings. The molecule has 3 rings (SSSR count). The average molecular weight is 495 g/mol. The number of ether oxygens (including phenoxy) is 1. The highest BCUT2D eigenvalue weighted by molar-refractivity contribution is 8.18. The van der Waals surface area contributed by atoms with Gasteiger partial charge in [-0.05, 0) is 57.5 Å². The largest absolute Gasteiger partial charge is 0.444 e. The summed E-state index contributed by atoms with van der Waals surface area (Å²) in [6.07, 6.45) is 3.38. The third-order valence-electron chi connectivity index (χ3n) is 5.27. The van der Waals surface area contributed by atoms with Crippen molar-refractivity contribution < 1.29 is 19.1 Å². The molecule has 0 aliphatic carbocycles. The zero-order valence-corrected chi connectivity index (χ0v) is 21.0. The number of imide groups is 1. The molecule has 180 valence electrons. The quantitative estimate of drug-likeness (QED) is 0.575. The summed E-state index contributed by atoms with van der Waals surface area (Å²) in [6.45, 7) is 8.32. The third kappa shape index (κ3) is 7.12. The summed E-state index contributed by atoms with van der Waals surface area (Å²) in [6, 6.07) is 5.80. The molecule has 10 heteroatoms. The van der Waals surface area contributed by atoms with Crippen LogP contribution in [0.2, 0.25) is 5.02 Å². The summed E-state index contributed by atoms with van der Waals surface area (Å²) < 4.78 is 5.39. The van der Waals surface area contributed by atoms with Gasteiger partial charge in [0.15, 0.2) is 0 Å². The molecule has 2 saturated heterocycles. The number of nitrogens with one attached hydrogen (secondary N) is 2. The molecule has 0 aromatic heterocycles. The minimum absolute atomic E-state index is 0.230. The van der Waals surface area contributed by atoms with E-state index in [4.69, 9.17) is 16.3 Å². The molecule has 2 N–H and O–H groups in total. The van der Waals surface area contributed by atoms with Gasteiger partial charge in [0.05, 0.1) is 15.6 Å². The molecule has 0 spiro atoms. The SMILES string of the molecule is CN(CCNC1CCCN(c2c(Cl)cccc2C=C2SC(=O)NC2=O)C1)C(=O)OC(C)(C)C. The topological polar surface area (TPSA) is 91.0 Å². The number of thioether (sulfide) groups is 1. The van der Waals surface area contributed by atoms with Crippen LogP contribution in [-0.4, -0.2) is 67.0 Å². The molecule has 33 heavy (non-hydrogen) atoms. The number of anilines is 1. The zero-order chi connectivity index (χ0) is 24.2. The summed E-state index contributed by atoms with van der Waals surface area (Å²) in [4.78, 5) is 39.8. The highest BCUT2D eigenvalue weighted by Crippen LogP contribution is 2.35. The summed E-state index contributed by atoms with van der Waals surface area (Å²) in [5.41, 5.74) is 1.15. The molecule has 1 aromatic carbocycles. The van der Waals surface area contributed by atoms with Crippen molar-refractivity contribution in [1.29, 1.82) is 0 Å². The fourth-order valence-electron chi connectivity index (χ4n) is 3.76. The van der Waals surface area contributed by atoms with E-state index in [-0.39, 0.29) is 23.3 Å². The van der Waals surface area contributed by atoms with Crippen molar-refractivity contribution in [3.63, 3.8) is 0 Å². The van der Waals surface area contributed by atoms with E-state index in [0.29, 0.717) is 23.0 Å². The second-order valence-corrected chi connectivity index (χ2v) is 10.6. The molecule has 2 aliphatic rings. The predicted molar refractivity (Wildman–Crippen MR) is 133 cm³/mol. The van der Waals surface area contributed by atoms with Crippen LogP contribution in [0, 0.1) is 0 Å². The highest BCUT2D eigenvalue weighted by atomic mass is 35.5.